The summed E-state index contributed by atoms with van der Waals surface area (Å²) >= 11 is 3.16. The molecule has 0 radical (unpaired) electrons. The molecule has 2 rings (SSSR count). The van der Waals surface area contributed by atoms with Gasteiger partial charge in [0.25, 0.3) is 5.56 Å². The SMILES string of the molecule is O=c1cc(N2CCOCC2)cnn1CC(O)CBr. The van der Waals surface area contributed by atoms with Crippen molar-refractivity contribution in [2.45, 2.75) is 12.6 Å². The van der Waals surface area contributed by atoms with Gasteiger partial charge in [0, 0.05) is 24.5 Å². The number of hydrogen-bond donors (Lipinski definition) is 1. The molecule has 0 aromatic carbocycles. The van der Waals surface area contributed by atoms with Crippen molar-refractivity contribution in [2.24, 2.45) is 0 Å². The highest BCUT2D eigenvalue weighted by molar-refractivity contribution is 9.09. The third-order valence-corrected chi connectivity index (χ3v) is 3.54. The zero-order valence-corrected chi connectivity index (χ0v) is 11.5. The minimum Gasteiger partial charge on any atom is -0.390 e. The van der Waals surface area contributed by atoms with E-state index in [1.54, 1.807) is 12.3 Å². The van der Waals surface area contributed by atoms with Gasteiger partial charge in [0.15, 0.2) is 0 Å². The smallest absolute Gasteiger partial charge is 0.268 e. The molecule has 1 saturated heterocycles. The van der Waals surface area contributed by atoms with E-state index in [0.717, 1.165) is 18.8 Å². The fourth-order valence-electron chi connectivity index (χ4n) is 1.80. The van der Waals surface area contributed by atoms with Gasteiger partial charge >= 0.3 is 0 Å². The van der Waals surface area contributed by atoms with Crippen molar-refractivity contribution in [1.29, 1.82) is 0 Å². The Hall–Kier alpha value is -0.920. The molecule has 0 amide bonds. The molecule has 1 aromatic rings. The Morgan fingerprint density at radius 2 is 2.22 bits per heavy atom. The number of aliphatic hydroxyl groups excluding tert-OH is 1. The second kappa shape index (κ2) is 6.31. The standard InChI is InChI=1S/C11H16BrN3O3/c12-6-10(16)8-15-11(17)5-9(7-13-15)14-1-3-18-4-2-14/h5,7,10,16H,1-4,6,8H2. The molecular weight excluding hydrogens is 302 g/mol. The third-order valence-electron chi connectivity index (χ3n) is 2.79. The van der Waals surface area contributed by atoms with Crippen LogP contribution in [-0.2, 0) is 11.3 Å². The lowest BCUT2D eigenvalue weighted by atomic mass is 10.3. The summed E-state index contributed by atoms with van der Waals surface area (Å²) in [5.41, 5.74) is 0.617. The molecule has 0 bridgehead atoms. The van der Waals surface area contributed by atoms with E-state index in [4.69, 9.17) is 4.74 Å². The number of alkyl halides is 1. The summed E-state index contributed by atoms with van der Waals surface area (Å²) in [5.74, 6) is 0. The summed E-state index contributed by atoms with van der Waals surface area (Å²) in [4.78, 5) is 13.9. The highest BCUT2D eigenvalue weighted by Crippen LogP contribution is 2.11. The lowest BCUT2D eigenvalue weighted by Gasteiger charge is -2.28. The van der Waals surface area contributed by atoms with Crippen molar-refractivity contribution in [3.63, 3.8) is 0 Å². The summed E-state index contributed by atoms with van der Waals surface area (Å²) < 4.78 is 6.53. The van der Waals surface area contributed by atoms with Crippen LogP contribution in [0.1, 0.15) is 0 Å². The van der Waals surface area contributed by atoms with Crippen molar-refractivity contribution < 1.29 is 9.84 Å². The molecule has 0 aliphatic carbocycles. The number of rotatable bonds is 4. The van der Waals surface area contributed by atoms with Crippen LogP contribution in [0, 0.1) is 0 Å². The summed E-state index contributed by atoms with van der Waals surface area (Å²) in [6.07, 6.45) is 1.05. The number of morpholine rings is 1. The zero-order chi connectivity index (χ0) is 13.0. The maximum Gasteiger partial charge on any atom is 0.268 e. The average Bonchev–Trinajstić information content (AvgIpc) is 2.42. The Labute approximate surface area is 113 Å². The maximum atomic E-state index is 11.9. The first kappa shape index (κ1) is 13.5. The molecule has 7 heteroatoms. The number of aliphatic hydroxyl groups is 1. The summed E-state index contributed by atoms with van der Waals surface area (Å²) in [5, 5.41) is 14.0. The first-order valence-electron chi connectivity index (χ1n) is 5.84. The van der Waals surface area contributed by atoms with Crippen LogP contribution in [-0.4, -0.2) is 52.6 Å². The quantitative estimate of drug-likeness (QED) is 0.781. The number of nitrogens with zero attached hydrogens (tertiary/aromatic N) is 3. The van der Waals surface area contributed by atoms with Crippen LogP contribution in [0.4, 0.5) is 5.69 Å². The summed E-state index contributed by atoms with van der Waals surface area (Å²) in [7, 11) is 0. The van der Waals surface area contributed by atoms with E-state index in [-0.39, 0.29) is 12.1 Å². The fraction of sp³-hybridized carbons (Fsp3) is 0.636. The van der Waals surface area contributed by atoms with Gasteiger partial charge in [-0.25, -0.2) is 4.68 Å². The largest absolute Gasteiger partial charge is 0.390 e. The Morgan fingerprint density at radius 1 is 1.50 bits per heavy atom. The van der Waals surface area contributed by atoms with Gasteiger partial charge in [-0.3, -0.25) is 4.79 Å². The van der Waals surface area contributed by atoms with Crippen LogP contribution in [0.15, 0.2) is 17.1 Å². The van der Waals surface area contributed by atoms with Gasteiger partial charge in [-0.15, -0.1) is 0 Å². The molecule has 2 heterocycles. The first-order valence-corrected chi connectivity index (χ1v) is 6.97. The molecule has 0 saturated carbocycles. The Bertz CT molecular complexity index is 445. The zero-order valence-electron chi connectivity index (χ0n) is 9.96. The van der Waals surface area contributed by atoms with Crippen LogP contribution in [0.3, 0.4) is 0 Å². The van der Waals surface area contributed by atoms with Gasteiger partial charge in [0.05, 0.1) is 37.7 Å². The monoisotopic (exact) mass is 317 g/mol. The van der Waals surface area contributed by atoms with Gasteiger partial charge in [0.1, 0.15) is 0 Å². The predicted molar refractivity (Wildman–Crippen MR) is 71.3 cm³/mol. The molecule has 0 spiro atoms. The van der Waals surface area contributed by atoms with E-state index >= 15 is 0 Å². The minimum atomic E-state index is -0.607. The van der Waals surface area contributed by atoms with E-state index in [0.29, 0.717) is 18.5 Å². The number of aromatic nitrogens is 2. The van der Waals surface area contributed by atoms with E-state index in [9.17, 15) is 9.90 Å². The average molecular weight is 318 g/mol. The highest BCUT2D eigenvalue weighted by Gasteiger charge is 2.13. The Morgan fingerprint density at radius 3 is 2.83 bits per heavy atom. The normalized spacial score (nSPS) is 17.8. The molecule has 1 aliphatic heterocycles. The van der Waals surface area contributed by atoms with Crippen LogP contribution in [0.2, 0.25) is 0 Å². The molecule has 100 valence electrons. The van der Waals surface area contributed by atoms with Crippen molar-refractivity contribution in [1.82, 2.24) is 9.78 Å². The number of ether oxygens (including phenoxy) is 1. The van der Waals surface area contributed by atoms with E-state index < -0.39 is 6.10 Å². The summed E-state index contributed by atoms with van der Waals surface area (Å²) in [6, 6.07) is 1.55. The van der Waals surface area contributed by atoms with E-state index in [2.05, 4.69) is 25.9 Å². The molecular formula is C11H16BrN3O3. The van der Waals surface area contributed by atoms with Crippen LogP contribution >= 0.6 is 15.9 Å². The molecule has 1 aliphatic rings. The first-order chi connectivity index (χ1) is 8.70. The van der Waals surface area contributed by atoms with Crippen molar-refractivity contribution in [3.05, 3.63) is 22.6 Å². The molecule has 6 nitrogen and oxygen atoms in total. The number of anilines is 1. The minimum absolute atomic E-state index is 0.195. The molecule has 1 unspecified atom stereocenters. The van der Waals surface area contributed by atoms with Gasteiger partial charge in [-0.1, -0.05) is 15.9 Å². The molecule has 1 atom stereocenters. The van der Waals surface area contributed by atoms with Crippen molar-refractivity contribution in [2.75, 3.05) is 36.5 Å². The van der Waals surface area contributed by atoms with Gasteiger partial charge in [-0.05, 0) is 0 Å². The van der Waals surface area contributed by atoms with Gasteiger partial charge in [-0.2, -0.15) is 5.10 Å². The van der Waals surface area contributed by atoms with E-state index in [1.807, 2.05) is 0 Å². The lowest BCUT2D eigenvalue weighted by Crippen LogP contribution is -2.38. The van der Waals surface area contributed by atoms with Gasteiger partial charge in [0.2, 0.25) is 0 Å². The fourth-order valence-corrected chi connectivity index (χ4v) is 2.01. The lowest BCUT2D eigenvalue weighted by molar-refractivity contribution is 0.122. The van der Waals surface area contributed by atoms with Crippen LogP contribution < -0.4 is 10.5 Å². The van der Waals surface area contributed by atoms with Crippen LogP contribution in [0.25, 0.3) is 0 Å². The second-order valence-corrected chi connectivity index (χ2v) is 4.79. The Balaban J connectivity index is 2.11. The molecule has 18 heavy (non-hydrogen) atoms. The molecule has 1 aromatic heterocycles. The molecule has 1 fully saturated rings. The Kier molecular flexibility index (Phi) is 4.73. The maximum absolute atomic E-state index is 11.9. The van der Waals surface area contributed by atoms with Crippen LogP contribution in [0.5, 0.6) is 0 Å². The van der Waals surface area contributed by atoms with Crippen molar-refractivity contribution >= 4 is 21.6 Å². The highest BCUT2D eigenvalue weighted by atomic mass is 79.9. The molecule has 1 N–H and O–H groups in total. The second-order valence-electron chi connectivity index (χ2n) is 4.14. The topological polar surface area (TPSA) is 67.6 Å². The van der Waals surface area contributed by atoms with Gasteiger partial charge < -0.3 is 14.7 Å². The predicted octanol–water partition coefficient (Wildman–Crippen LogP) is -0.164. The van der Waals surface area contributed by atoms with E-state index in [1.165, 1.54) is 4.68 Å². The number of halogens is 1. The summed E-state index contributed by atoms with van der Waals surface area (Å²) in [6.45, 7) is 3.09. The third kappa shape index (κ3) is 3.30. The number of hydrogen-bond acceptors (Lipinski definition) is 5. The van der Waals surface area contributed by atoms with Crippen molar-refractivity contribution in [3.8, 4) is 0 Å².